The lowest BCUT2D eigenvalue weighted by Gasteiger charge is -2.38. The number of allylic oxidation sites excluding steroid dienone is 1. The van der Waals surface area contributed by atoms with Crippen molar-refractivity contribution < 1.29 is 9.53 Å². The smallest absolute Gasteiger partial charge is 0.248 e. The van der Waals surface area contributed by atoms with Crippen molar-refractivity contribution in [1.82, 2.24) is 20.0 Å². The number of aliphatic imine (C=N–C) groups is 2. The van der Waals surface area contributed by atoms with Gasteiger partial charge in [0, 0.05) is 50.6 Å². The van der Waals surface area contributed by atoms with E-state index in [4.69, 9.17) is 20.5 Å². The van der Waals surface area contributed by atoms with E-state index in [2.05, 4.69) is 36.3 Å². The second kappa shape index (κ2) is 14.8. The van der Waals surface area contributed by atoms with Gasteiger partial charge in [0.2, 0.25) is 17.8 Å². The first-order chi connectivity index (χ1) is 20.6. The Morgan fingerprint density at radius 3 is 2.58 bits per heavy atom. The molecule has 4 N–H and O–H groups in total. The molecule has 2 aliphatic rings. The third kappa shape index (κ3) is 9.17. The molecule has 1 saturated heterocycles. The number of guanidine groups is 2. The Bertz CT molecular complexity index is 1390. The van der Waals surface area contributed by atoms with Crippen molar-refractivity contribution in [3.63, 3.8) is 0 Å². The topological polar surface area (TPSA) is 111 Å². The molecule has 0 aromatic heterocycles. The maximum atomic E-state index is 12.3. The molecule has 0 bridgehead atoms. The lowest BCUT2D eigenvalue weighted by Crippen LogP contribution is -2.53. The van der Waals surface area contributed by atoms with E-state index in [0.29, 0.717) is 42.2 Å². The number of anilines is 1. The summed E-state index contributed by atoms with van der Waals surface area (Å²) in [5, 5.41) is 6.46. The molecule has 0 spiro atoms. The molecule has 230 valence electrons. The first kappa shape index (κ1) is 31.8. The molecule has 0 aliphatic carbocycles. The van der Waals surface area contributed by atoms with Crippen LogP contribution in [0.5, 0.6) is 11.5 Å². The van der Waals surface area contributed by atoms with Gasteiger partial charge >= 0.3 is 0 Å². The maximum Gasteiger partial charge on any atom is 0.248 e. The minimum Gasteiger partial charge on any atom is -0.457 e. The Labute approximate surface area is 256 Å². The molecule has 4 rings (SSSR count). The fourth-order valence-electron chi connectivity index (χ4n) is 4.72. The molecule has 43 heavy (non-hydrogen) atoms. The molecule has 1 amide bonds. The second-order valence-electron chi connectivity index (χ2n) is 11.7. The van der Waals surface area contributed by atoms with E-state index in [1.165, 1.54) is 11.6 Å². The number of hydrogen-bond acceptors (Lipinski definition) is 7. The summed E-state index contributed by atoms with van der Waals surface area (Å²) < 4.78 is 6.15. The number of amides is 1. The van der Waals surface area contributed by atoms with Crippen molar-refractivity contribution >= 4 is 23.5 Å². The van der Waals surface area contributed by atoms with E-state index in [1.54, 1.807) is 0 Å². The summed E-state index contributed by atoms with van der Waals surface area (Å²) in [5.41, 5.74) is 9.07. The van der Waals surface area contributed by atoms with Crippen LogP contribution in [0.2, 0.25) is 0 Å². The summed E-state index contributed by atoms with van der Waals surface area (Å²) >= 11 is 0. The number of nitrogens with one attached hydrogen (secondary N) is 2. The predicted molar refractivity (Wildman–Crippen MR) is 175 cm³/mol. The van der Waals surface area contributed by atoms with Crippen LogP contribution in [0.1, 0.15) is 39.2 Å². The average molecular weight is 587 g/mol. The molecule has 0 saturated carbocycles. The minimum absolute atomic E-state index is 0.181. The fraction of sp³-hybridized carbons (Fsp3) is 0.424. The highest BCUT2D eigenvalue weighted by Crippen LogP contribution is 2.26. The quantitative estimate of drug-likeness (QED) is 0.369. The van der Waals surface area contributed by atoms with Crippen LogP contribution in [0.15, 0.2) is 82.1 Å². The van der Waals surface area contributed by atoms with E-state index >= 15 is 0 Å². The van der Waals surface area contributed by atoms with Crippen LogP contribution in [0.4, 0.5) is 5.69 Å². The standard InChI is InChI=1S/C33H46N8O2/c1-23(2)24(3)31-37-33(41-18-15-26(34)16-19-41)38-32(40(31)6)35-22-25-10-7-12-28(20-25)43-29-13-8-11-27(21-29)36-30(42)14-9-17-39(4)5/h7-14,20-21,23,26H,15-19,22,34H2,1-6H3,(H,36,42)(H,35,37,38)/b14-9+,31-24+. The summed E-state index contributed by atoms with van der Waals surface area (Å²) in [5.74, 6) is 4.02. The Hall–Kier alpha value is -4.15. The van der Waals surface area contributed by atoms with Gasteiger partial charge in [-0.2, -0.15) is 4.99 Å². The molecule has 2 aliphatic heterocycles. The van der Waals surface area contributed by atoms with Gasteiger partial charge in [-0.15, -0.1) is 0 Å². The molecule has 2 aromatic rings. The lowest BCUT2D eigenvalue weighted by molar-refractivity contribution is -0.111. The van der Waals surface area contributed by atoms with Gasteiger partial charge in [-0.25, -0.2) is 4.99 Å². The SMILES string of the molecule is C/C(=C1/NC(N2CCC(N)CC2)=NC(=NCc2cccc(Oc3cccc(NC(=O)/C=C/CN(C)C)c3)c2)N1C)C(C)C. The molecule has 2 heterocycles. The van der Waals surface area contributed by atoms with Gasteiger partial charge in [-0.1, -0.05) is 38.1 Å². The molecule has 10 heteroatoms. The molecule has 0 atom stereocenters. The van der Waals surface area contributed by atoms with Gasteiger partial charge < -0.3 is 30.9 Å². The van der Waals surface area contributed by atoms with Crippen LogP contribution in [0.25, 0.3) is 0 Å². The Morgan fingerprint density at radius 2 is 1.88 bits per heavy atom. The van der Waals surface area contributed by atoms with Crippen LogP contribution in [-0.2, 0) is 11.3 Å². The molecule has 1 fully saturated rings. The van der Waals surface area contributed by atoms with E-state index in [9.17, 15) is 4.79 Å². The number of nitrogens with two attached hydrogens (primary N) is 1. The number of carbonyl (C=O) groups excluding carboxylic acids is 1. The van der Waals surface area contributed by atoms with E-state index in [1.807, 2.05) is 85.5 Å². The number of likely N-dealkylation sites (N-methyl/N-ethyl adjacent to an activating group) is 1. The highest BCUT2D eigenvalue weighted by molar-refractivity contribution is 6.00. The number of piperidine rings is 1. The zero-order valence-electron chi connectivity index (χ0n) is 26.3. The fourth-order valence-corrected chi connectivity index (χ4v) is 4.72. The van der Waals surface area contributed by atoms with E-state index in [-0.39, 0.29) is 11.9 Å². The molecule has 0 unspecified atom stereocenters. The number of benzene rings is 2. The highest BCUT2D eigenvalue weighted by atomic mass is 16.5. The third-order valence-corrected chi connectivity index (χ3v) is 7.53. The van der Waals surface area contributed by atoms with Crippen molar-refractivity contribution in [3.05, 3.63) is 77.6 Å². The Kier molecular flexibility index (Phi) is 11.0. The van der Waals surface area contributed by atoms with Crippen LogP contribution < -0.4 is 21.1 Å². The summed E-state index contributed by atoms with van der Waals surface area (Å²) in [6.07, 6.45) is 5.25. The van der Waals surface area contributed by atoms with Gasteiger partial charge in [0.05, 0.1) is 6.54 Å². The number of nitrogens with zero attached hydrogens (tertiary/aromatic N) is 5. The number of carbonyl (C=O) groups is 1. The van der Waals surface area contributed by atoms with Crippen molar-refractivity contribution in [3.8, 4) is 11.5 Å². The number of likely N-dealkylation sites (tertiary alicyclic amines) is 1. The molecule has 2 aromatic carbocycles. The number of hydrogen-bond donors (Lipinski definition) is 3. The van der Waals surface area contributed by atoms with Gasteiger partial charge in [-0.3, -0.25) is 9.69 Å². The zero-order chi connectivity index (χ0) is 30.9. The molecular formula is C33H46N8O2. The third-order valence-electron chi connectivity index (χ3n) is 7.53. The van der Waals surface area contributed by atoms with Crippen molar-refractivity contribution in [2.75, 3.05) is 46.1 Å². The number of ether oxygens (including phenoxy) is 1. The molecule has 10 nitrogen and oxygen atoms in total. The largest absolute Gasteiger partial charge is 0.457 e. The van der Waals surface area contributed by atoms with Crippen molar-refractivity contribution in [2.24, 2.45) is 21.6 Å². The van der Waals surface area contributed by atoms with Crippen LogP contribution in [0.3, 0.4) is 0 Å². The van der Waals surface area contributed by atoms with Crippen molar-refractivity contribution in [2.45, 2.75) is 46.2 Å². The van der Waals surface area contributed by atoms with Gasteiger partial charge in [0.25, 0.3) is 0 Å². The maximum absolute atomic E-state index is 12.3. The van der Waals surface area contributed by atoms with Gasteiger partial charge in [0.15, 0.2) is 0 Å². The van der Waals surface area contributed by atoms with Crippen LogP contribution >= 0.6 is 0 Å². The zero-order valence-corrected chi connectivity index (χ0v) is 26.3. The Morgan fingerprint density at radius 1 is 1.19 bits per heavy atom. The second-order valence-corrected chi connectivity index (χ2v) is 11.7. The number of rotatable bonds is 9. The Balaban J connectivity index is 1.48. The van der Waals surface area contributed by atoms with E-state index < -0.39 is 0 Å². The monoisotopic (exact) mass is 586 g/mol. The van der Waals surface area contributed by atoms with Gasteiger partial charge in [0.1, 0.15) is 17.3 Å². The van der Waals surface area contributed by atoms with Gasteiger partial charge in [-0.05, 0) is 75.2 Å². The summed E-state index contributed by atoms with van der Waals surface area (Å²) in [7, 11) is 5.91. The summed E-state index contributed by atoms with van der Waals surface area (Å²) in [6.45, 7) is 9.42. The normalized spacial score (nSPS) is 18.3. The molecule has 0 radical (unpaired) electrons. The van der Waals surface area contributed by atoms with Crippen LogP contribution in [0, 0.1) is 5.92 Å². The predicted octanol–water partition coefficient (Wildman–Crippen LogP) is 4.59. The highest BCUT2D eigenvalue weighted by Gasteiger charge is 2.27. The average Bonchev–Trinajstić information content (AvgIpc) is 2.97. The lowest BCUT2D eigenvalue weighted by atomic mass is 10.0. The van der Waals surface area contributed by atoms with E-state index in [0.717, 1.165) is 43.3 Å². The summed E-state index contributed by atoms with van der Waals surface area (Å²) in [6, 6.07) is 15.5. The van der Waals surface area contributed by atoms with Crippen molar-refractivity contribution in [1.29, 1.82) is 0 Å². The first-order valence-electron chi connectivity index (χ1n) is 14.9. The summed E-state index contributed by atoms with van der Waals surface area (Å²) in [4.78, 5) is 28.4. The first-order valence-corrected chi connectivity index (χ1v) is 14.9. The molecular weight excluding hydrogens is 540 g/mol. The van der Waals surface area contributed by atoms with Crippen LogP contribution in [-0.4, -0.2) is 79.3 Å². The minimum atomic E-state index is -0.181.